The van der Waals surface area contributed by atoms with Crippen molar-refractivity contribution in [3.05, 3.63) is 52.3 Å². The molecule has 1 amide bonds. The van der Waals surface area contributed by atoms with Crippen LogP contribution in [0.5, 0.6) is 0 Å². The Bertz CT molecular complexity index is 1410. The molecule has 0 radical (unpaired) electrons. The lowest BCUT2D eigenvalue weighted by Gasteiger charge is -2.30. The number of anilines is 1. The molecule has 0 aliphatic carbocycles. The molecular weight excluding hydrogens is 547 g/mol. The van der Waals surface area contributed by atoms with Crippen LogP contribution < -0.4 is 5.73 Å². The number of nitriles is 1. The van der Waals surface area contributed by atoms with E-state index in [4.69, 9.17) is 22.1 Å². The van der Waals surface area contributed by atoms with Gasteiger partial charge in [-0.1, -0.05) is 11.6 Å². The molecule has 4 rings (SSSR count). The van der Waals surface area contributed by atoms with Crippen LogP contribution in [0.3, 0.4) is 0 Å². The minimum atomic E-state index is -4.49. The van der Waals surface area contributed by atoms with Crippen LogP contribution >= 0.6 is 11.6 Å². The third-order valence-corrected chi connectivity index (χ3v) is 6.97. The first-order chi connectivity index (χ1) is 18.8. The van der Waals surface area contributed by atoms with Gasteiger partial charge >= 0.3 is 12.3 Å². The summed E-state index contributed by atoms with van der Waals surface area (Å²) in [5, 5.41) is 19.0. The third kappa shape index (κ3) is 6.70. The van der Waals surface area contributed by atoms with E-state index in [2.05, 4.69) is 16.3 Å². The zero-order valence-corrected chi connectivity index (χ0v) is 23.3. The summed E-state index contributed by atoms with van der Waals surface area (Å²) in [6, 6.07) is 5.19. The number of carbonyl (C=O) groups is 1. The molecule has 3 heterocycles. The second-order valence-corrected chi connectivity index (χ2v) is 11.2. The van der Waals surface area contributed by atoms with Crippen LogP contribution in [0.25, 0.3) is 11.3 Å². The largest absolute Gasteiger partial charge is 0.444 e. The average molecular weight is 578 g/mol. The van der Waals surface area contributed by atoms with Crippen LogP contribution in [0.1, 0.15) is 69.2 Å². The van der Waals surface area contributed by atoms with E-state index < -0.39 is 17.3 Å². The Hall–Kier alpha value is -3.72. The van der Waals surface area contributed by atoms with Gasteiger partial charge in [0.15, 0.2) is 0 Å². The van der Waals surface area contributed by atoms with E-state index in [0.29, 0.717) is 50.0 Å². The predicted molar refractivity (Wildman–Crippen MR) is 143 cm³/mol. The van der Waals surface area contributed by atoms with E-state index in [1.807, 2.05) is 20.8 Å². The molecule has 13 heteroatoms. The number of alkyl halides is 3. The molecule has 1 fully saturated rings. The van der Waals surface area contributed by atoms with Crippen LogP contribution in [0.4, 0.5) is 23.8 Å². The number of carbonyl (C=O) groups excluding carboxylic acids is 1. The normalized spacial score (nSPS) is 15.4. The van der Waals surface area contributed by atoms with Crippen molar-refractivity contribution in [3.8, 4) is 17.3 Å². The molecule has 0 bridgehead atoms. The van der Waals surface area contributed by atoms with E-state index in [9.17, 15) is 23.2 Å². The standard InChI is InChI=1S/C27H31ClF3N7O2/c1-26(2,3)40-25(39)36-10-4-6-20(7-5-11-36)38-24(33)21(13-32)23(35-38)18-14-34-37(16-18)15-17-12-19(27(29,30)31)8-9-22(17)28/h8-9,12,14,16,20H,4-7,10-11,15,33H2,1-3H3. The Kier molecular flexibility index (Phi) is 8.35. The molecule has 1 saturated heterocycles. The van der Waals surface area contributed by atoms with Crippen molar-refractivity contribution in [1.82, 2.24) is 24.5 Å². The van der Waals surface area contributed by atoms with Crippen LogP contribution in [0, 0.1) is 11.3 Å². The summed E-state index contributed by atoms with van der Waals surface area (Å²) >= 11 is 6.14. The number of aromatic nitrogens is 4. The highest BCUT2D eigenvalue weighted by Gasteiger charge is 2.31. The Balaban J connectivity index is 1.51. The number of hydrogen-bond donors (Lipinski definition) is 1. The van der Waals surface area contributed by atoms with Gasteiger partial charge in [-0.2, -0.15) is 28.6 Å². The lowest BCUT2D eigenvalue weighted by atomic mass is 10.0. The van der Waals surface area contributed by atoms with Gasteiger partial charge in [-0.05, 0) is 70.2 Å². The van der Waals surface area contributed by atoms with Crippen molar-refractivity contribution in [1.29, 1.82) is 5.26 Å². The van der Waals surface area contributed by atoms with E-state index >= 15 is 0 Å². The molecule has 0 unspecified atom stereocenters. The number of halogens is 4. The van der Waals surface area contributed by atoms with Crippen LogP contribution in [0.15, 0.2) is 30.6 Å². The quantitative estimate of drug-likeness (QED) is 0.390. The Morgan fingerprint density at radius 3 is 2.50 bits per heavy atom. The molecule has 2 aromatic heterocycles. The van der Waals surface area contributed by atoms with Gasteiger partial charge in [-0.3, -0.25) is 4.68 Å². The molecule has 40 heavy (non-hydrogen) atoms. The van der Waals surface area contributed by atoms with E-state index in [0.717, 1.165) is 12.1 Å². The fourth-order valence-corrected chi connectivity index (χ4v) is 4.88. The van der Waals surface area contributed by atoms with Crippen molar-refractivity contribution in [2.75, 3.05) is 18.8 Å². The van der Waals surface area contributed by atoms with Crippen molar-refractivity contribution < 1.29 is 22.7 Å². The predicted octanol–water partition coefficient (Wildman–Crippen LogP) is 6.27. The summed E-state index contributed by atoms with van der Waals surface area (Å²) in [5.41, 5.74) is 6.31. The summed E-state index contributed by atoms with van der Waals surface area (Å²) in [7, 11) is 0. The van der Waals surface area contributed by atoms with E-state index in [1.165, 1.54) is 16.9 Å². The maximum atomic E-state index is 13.2. The molecule has 1 aliphatic rings. The monoisotopic (exact) mass is 577 g/mol. The molecule has 0 atom stereocenters. The maximum absolute atomic E-state index is 13.2. The Morgan fingerprint density at radius 2 is 1.90 bits per heavy atom. The molecule has 0 saturated carbocycles. The summed E-state index contributed by atoms with van der Waals surface area (Å²) in [6.45, 7) is 6.57. The number of benzene rings is 1. The molecule has 3 aromatic rings. The minimum Gasteiger partial charge on any atom is -0.444 e. The SMILES string of the molecule is CC(C)(C)OC(=O)N1CCCC(n2nc(-c3cnn(Cc4cc(C(F)(F)F)ccc4Cl)c3)c(C#N)c2N)CCC1. The zero-order valence-electron chi connectivity index (χ0n) is 22.5. The maximum Gasteiger partial charge on any atom is 0.416 e. The first kappa shape index (κ1) is 29.3. The number of nitrogens with two attached hydrogens (primary N) is 1. The molecule has 2 N–H and O–H groups in total. The zero-order chi connectivity index (χ0) is 29.2. The second kappa shape index (κ2) is 11.4. The number of amides is 1. The van der Waals surface area contributed by atoms with Gasteiger partial charge in [0.25, 0.3) is 0 Å². The first-order valence-corrected chi connectivity index (χ1v) is 13.3. The second-order valence-electron chi connectivity index (χ2n) is 10.8. The van der Waals surface area contributed by atoms with Crippen LogP contribution in [-0.4, -0.2) is 49.2 Å². The number of rotatable bonds is 4. The van der Waals surface area contributed by atoms with Crippen molar-refractivity contribution in [2.45, 2.75) is 70.8 Å². The van der Waals surface area contributed by atoms with Gasteiger partial charge in [0.05, 0.1) is 24.3 Å². The molecule has 0 spiro atoms. The fourth-order valence-electron chi connectivity index (χ4n) is 4.70. The number of nitrogens with zero attached hydrogens (tertiary/aromatic N) is 6. The van der Waals surface area contributed by atoms with Crippen molar-refractivity contribution >= 4 is 23.5 Å². The minimum absolute atomic E-state index is 0.00238. The summed E-state index contributed by atoms with van der Waals surface area (Å²) in [6.07, 6.45) is 1.07. The Labute approximate surface area is 235 Å². The summed E-state index contributed by atoms with van der Waals surface area (Å²) < 4.78 is 48.1. The van der Waals surface area contributed by atoms with Gasteiger partial charge < -0.3 is 15.4 Å². The fraction of sp³-hybridized carbons (Fsp3) is 0.481. The number of likely N-dealkylation sites (tertiary alicyclic amines) is 1. The van der Waals surface area contributed by atoms with Crippen LogP contribution in [-0.2, 0) is 17.5 Å². The molecule has 9 nitrogen and oxygen atoms in total. The summed E-state index contributed by atoms with van der Waals surface area (Å²) in [4.78, 5) is 14.2. The average Bonchev–Trinajstić information content (AvgIpc) is 3.42. The van der Waals surface area contributed by atoms with Gasteiger partial charge in [-0.15, -0.1) is 0 Å². The topological polar surface area (TPSA) is 115 Å². The van der Waals surface area contributed by atoms with Gasteiger partial charge in [0.2, 0.25) is 0 Å². The van der Waals surface area contributed by atoms with E-state index in [1.54, 1.807) is 15.8 Å². The highest BCUT2D eigenvalue weighted by atomic mass is 35.5. The van der Waals surface area contributed by atoms with Crippen LogP contribution in [0.2, 0.25) is 5.02 Å². The first-order valence-electron chi connectivity index (χ1n) is 12.9. The highest BCUT2D eigenvalue weighted by Crippen LogP contribution is 2.34. The highest BCUT2D eigenvalue weighted by molar-refractivity contribution is 6.31. The lowest BCUT2D eigenvalue weighted by molar-refractivity contribution is -0.137. The number of ether oxygens (including phenoxy) is 1. The molecular formula is C27H31ClF3N7O2. The molecule has 1 aliphatic heterocycles. The lowest BCUT2D eigenvalue weighted by Crippen LogP contribution is -2.39. The van der Waals surface area contributed by atoms with Gasteiger partial charge in [0, 0.05) is 29.9 Å². The van der Waals surface area contributed by atoms with E-state index in [-0.39, 0.29) is 40.6 Å². The van der Waals surface area contributed by atoms with Gasteiger partial charge in [-0.25, -0.2) is 9.48 Å². The molecule has 1 aromatic carbocycles. The third-order valence-electron chi connectivity index (χ3n) is 6.60. The van der Waals surface area contributed by atoms with Crippen molar-refractivity contribution in [3.63, 3.8) is 0 Å². The number of nitrogen functional groups attached to an aromatic ring is 1. The number of hydrogen-bond acceptors (Lipinski definition) is 6. The van der Waals surface area contributed by atoms with Gasteiger partial charge in [0.1, 0.15) is 28.7 Å². The smallest absolute Gasteiger partial charge is 0.416 e. The Morgan fingerprint density at radius 1 is 1.23 bits per heavy atom. The molecule has 214 valence electrons. The summed E-state index contributed by atoms with van der Waals surface area (Å²) in [5.74, 6) is 0.237. The van der Waals surface area contributed by atoms with Crippen molar-refractivity contribution in [2.24, 2.45) is 0 Å².